The number of hydrogen-bond acceptors (Lipinski definition) is 4. The maximum Gasteiger partial charge on any atom is 0.234 e. The van der Waals surface area contributed by atoms with Crippen LogP contribution in [-0.4, -0.2) is 17.6 Å². The number of anilines is 1. The molecule has 0 saturated carbocycles. The van der Waals surface area contributed by atoms with Crippen molar-refractivity contribution in [2.24, 2.45) is 0 Å². The number of rotatable bonds is 5. The van der Waals surface area contributed by atoms with E-state index >= 15 is 0 Å². The summed E-state index contributed by atoms with van der Waals surface area (Å²) in [5, 5.41) is 15.8. The van der Waals surface area contributed by atoms with Crippen molar-refractivity contribution in [2.45, 2.75) is 26.2 Å². The second-order valence-corrected chi connectivity index (χ2v) is 7.65. The Morgan fingerprint density at radius 3 is 2.54 bits per heavy atom. The predicted octanol–water partition coefficient (Wildman–Crippen LogP) is 4.01. The second-order valence-electron chi connectivity index (χ2n) is 6.67. The van der Waals surface area contributed by atoms with Gasteiger partial charge >= 0.3 is 0 Å². The van der Waals surface area contributed by atoms with E-state index in [4.69, 9.17) is 0 Å². The van der Waals surface area contributed by atoms with Gasteiger partial charge in [0.1, 0.15) is 0 Å². The van der Waals surface area contributed by atoms with Crippen LogP contribution in [0.2, 0.25) is 0 Å². The number of benzene rings is 2. The van der Waals surface area contributed by atoms with Crippen LogP contribution in [-0.2, 0) is 9.59 Å². The Morgan fingerprint density at radius 1 is 1.18 bits per heavy atom. The van der Waals surface area contributed by atoms with E-state index in [1.807, 2.05) is 62.4 Å². The van der Waals surface area contributed by atoms with Crippen molar-refractivity contribution >= 4 is 29.3 Å². The van der Waals surface area contributed by atoms with E-state index < -0.39 is 0 Å². The summed E-state index contributed by atoms with van der Waals surface area (Å²) in [4.78, 5) is 24.6. The number of carbonyl (C=O) groups excluding carboxylic acids is 2. The number of aryl methyl sites for hydroxylation is 2. The van der Waals surface area contributed by atoms with Gasteiger partial charge < -0.3 is 10.6 Å². The molecule has 0 bridgehead atoms. The van der Waals surface area contributed by atoms with Crippen molar-refractivity contribution in [1.29, 1.82) is 5.26 Å². The Kier molecular flexibility index (Phi) is 6.17. The highest BCUT2D eigenvalue weighted by atomic mass is 32.2. The minimum Gasteiger partial charge on any atom is -0.325 e. The topological polar surface area (TPSA) is 82.0 Å². The molecule has 142 valence electrons. The van der Waals surface area contributed by atoms with E-state index in [-0.39, 0.29) is 29.9 Å². The zero-order chi connectivity index (χ0) is 20.1. The molecule has 2 aromatic rings. The molecule has 28 heavy (non-hydrogen) atoms. The zero-order valence-electron chi connectivity index (χ0n) is 15.8. The lowest BCUT2D eigenvalue weighted by Gasteiger charge is -2.26. The van der Waals surface area contributed by atoms with Crippen LogP contribution in [0.1, 0.15) is 29.0 Å². The Bertz CT molecular complexity index is 991. The third-order valence-corrected chi connectivity index (χ3v) is 5.70. The highest BCUT2D eigenvalue weighted by Crippen LogP contribution is 2.37. The number of carbonyl (C=O) groups is 2. The van der Waals surface area contributed by atoms with E-state index in [9.17, 15) is 14.9 Å². The quantitative estimate of drug-likeness (QED) is 0.807. The van der Waals surface area contributed by atoms with Gasteiger partial charge in [-0.25, -0.2) is 0 Å². The van der Waals surface area contributed by atoms with E-state index in [2.05, 4.69) is 16.7 Å². The molecule has 2 amide bonds. The lowest BCUT2D eigenvalue weighted by Crippen LogP contribution is -2.31. The van der Waals surface area contributed by atoms with E-state index in [0.29, 0.717) is 10.6 Å². The smallest absolute Gasteiger partial charge is 0.234 e. The van der Waals surface area contributed by atoms with Crippen LogP contribution in [0, 0.1) is 25.2 Å². The Labute approximate surface area is 168 Å². The van der Waals surface area contributed by atoms with Gasteiger partial charge in [-0.05, 0) is 36.6 Å². The van der Waals surface area contributed by atoms with Gasteiger partial charge in [-0.15, -0.1) is 0 Å². The largest absolute Gasteiger partial charge is 0.325 e. The molecular formula is C22H21N3O2S. The molecule has 6 heteroatoms. The monoisotopic (exact) mass is 391 g/mol. The third kappa shape index (κ3) is 4.44. The van der Waals surface area contributed by atoms with Crippen molar-refractivity contribution in [3.63, 3.8) is 0 Å². The van der Waals surface area contributed by atoms with Crippen LogP contribution in [0.15, 0.2) is 59.1 Å². The summed E-state index contributed by atoms with van der Waals surface area (Å²) >= 11 is 1.18. The summed E-state index contributed by atoms with van der Waals surface area (Å²) < 4.78 is 0. The van der Waals surface area contributed by atoms with Gasteiger partial charge in [-0.1, -0.05) is 54.2 Å². The minimum absolute atomic E-state index is 0.107. The molecule has 0 spiro atoms. The molecule has 2 N–H and O–H groups in total. The molecule has 1 aliphatic rings. The summed E-state index contributed by atoms with van der Waals surface area (Å²) in [5.41, 5.74) is 4.24. The number of hydrogen-bond donors (Lipinski definition) is 2. The number of amides is 2. The van der Waals surface area contributed by atoms with Crippen LogP contribution in [0.25, 0.3) is 0 Å². The second kappa shape index (κ2) is 8.77. The summed E-state index contributed by atoms with van der Waals surface area (Å²) in [6.07, 6.45) is 0.229. The third-order valence-electron chi connectivity index (χ3n) is 4.69. The zero-order valence-corrected chi connectivity index (χ0v) is 16.6. The first-order valence-electron chi connectivity index (χ1n) is 8.97. The molecule has 0 aromatic heterocycles. The standard InChI is InChI=1S/C22H21N3O2S/c1-14-7-3-5-9-16(14)17-11-20(26)25-22(18(17)12-23)28-13-21(27)24-19-10-6-4-8-15(19)2/h3-10,17H,11,13H2,1-2H3,(H,24,27)(H,25,26). The number of para-hydroxylation sites is 1. The van der Waals surface area contributed by atoms with Crippen molar-refractivity contribution < 1.29 is 9.59 Å². The number of nitrogens with zero attached hydrogens (tertiary/aromatic N) is 1. The highest BCUT2D eigenvalue weighted by molar-refractivity contribution is 8.03. The first-order chi connectivity index (χ1) is 13.5. The fraction of sp³-hybridized carbons (Fsp3) is 0.227. The number of thioether (sulfide) groups is 1. The lowest BCUT2D eigenvalue weighted by atomic mass is 9.85. The summed E-state index contributed by atoms with van der Waals surface area (Å²) in [6, 6.07) is 17.5. The molecule has 2 aromatic carbocycles. The highest BCUT2D eigenvalue weighted by Gasteiger charge is 2.30. The van der Waals surface area contributed by atoms with Gasteiger partial charge in [0.15, 0.2) is 0 Å². The van der Waals surface area contributed by atoms with Gasteiger partial charge in [0.05, 0.1) is 22.4 Å². The molecule has 1 aliphatic heterocycles. The summed E-state index contributed by atoms with van der Waals surface area (Å²) in [6.45, 7) is 3.90. The van der Waals surface area contributed by atoms with Crippen molar-refractivity contribution in [1.82, 2.24) is 5.32 Å². The molecule has 0 aliphatic carbocycles. The Balaban J connectivity index is 1.78. The first kappa shape index (κ1) is 19.7. The number of allylic oxidation sites excluding steroid dienone is 1. The number of nitriles is 1. The van der Waals surface area contributed by atoms with Gasteiger partial charge in [0.25, 0.3) is 0 Å². The van der Waals surface area contributed by atoms with Gasteiger partial charge in [-0.3, -0.25) is 9.59 Å². The molecule has 0 fully saturated rings. The fourth-order valence-electron chi connectivity index (χ4n) is 3.21. The fourth-order valence-corrected chi connectivity index (χ4v) is 4.09. The average molecular weight is 391 g/mol. The summed E-state index contributed by atoms with van der Waals surface area (Å²) in [5.74, 6) is -0.511. The van der Waals surface area contributed by atoms with Crippen LogP contribution < -0.4 is 10.6 Å². The normalized spacial score (nSPS) is 16.3. The molecule has 3 rings (SSSR count). The van der Waals surface area contributed by atoms with Crippen LogP contribution in [0.5, 0.6) is 0 Å². The average Bonchev–Trinajstić information content (AvgIpc) is 2.68. The van der Waals surface area contributed by atoms with E-state index in [1.54, 1.807) is 0 Å². The number of nitrogens with one attached hydrogen (secondary N) is 2. The Hall–Kier alpha value is -3.04. The minimum atomic E-state index is -0.290. The van der Waals surface area contributed by atoms with Crippen molar-refractivity contribution in [3.8, 4) is 6.07 Å². The maximum absolute atomic E-state index is 12.3. The van der Waals surface area contributed by atoms with Crippen molar-refractivity contribution in [3.05, 3.63) is 75.8 Å². The molecule has 1 heterocycles. The molecular weight excluding hydrogens is 370 g/mol. The molecule has 0 saturated heterocycles. The van der Waals surface area contributed by atoms with Crippen molar-refractivity contribution in [2.75, 3.05) is 11.1 Å². The van der Waals surface area contributed by atoms with Crippen LogP contribution in [0.4, 0.5) is 5.69 Å². The molecule has 5 nitrogen and oxygen atoms in total. The molecule has 1 atom stereocenters. The maximum atomic E-state index is 12.3. The summed E-state index contributed by atoms with van der Waals surface area (Å²) in [7, 11) is 0. The van der Waals surface area contributed by atoms with E-state index in [1.165, 1.54) is 11.8 Å². The van der Waals surface area contributed by atoms with Crippen LogP contribution >= 0.6 is 11.8 Å². The molecule has 1 unspecified atom stereocenters. The van der Waals surface area contributed by atoms with Gasteiger partial charge in [0, 0.05) is 18.0 Å². The Morgan fingerprint density at radius 2 is 1.86 bits per heavy atom. The van der Waals surface area contributed by atoms with Gasteiger partial charge in [-0.2, -0.15) is 5.26 Å². The van der Waals surface area contributed by atoms with Crippen LogP contribution in [0.3, 0.4) is 0 Å². The van der Waals surface area contributed by atoms with Gasteiger partial charge in [0.2, 0.25) is 11.8 Å². The first-order valence-corrected chi connectivity index (χ1v) is 9.96. The predicted molar refractivity (Wildman–Crippen MR) is 112 cm³/mol. The lowest BCUT2D eigenvalue weighted by molar-refractivity contribution is -0.121. The van der Waals surface area contributed by atoms with E-state index in [0.717, 1.165) is 22.4 Å². The molecule has 0 radical (unpaired) electrons. The SMILES string of the molecule is Cc1ccccc1NC(=O)CSC1=C(C#N)C(c2ccccc2C)CC(=O)N1.